The minimum Gasteiger partial charge on any atom is -0.496 e. The summed E-state index contributed by atoms with van der Waals surface area (Å²) in [7, 11) is 3.18. The highest BCUT2D eigenvalue weighted by molar-refractivity contribution is 14.1. The molecule has 0 amide bonds. The molecule has 0 aliphatic carbocycles. The monoisotopic (exact) mass is 682 g/mol. The fraction of sp³-hybridized carbons (Fsp3) is 0.269. The van der Waals surface area contributed by atoms with Gasteiger partial charge in [-0.3, -0.25) is 9.36 Å². The number of hydrogen-bond donors (Lipinski definition) is 0. The number of esters is 1. The van der Waals surface area contributed by atoms with E-state index in [4.69, 9.17) is 14.2 Å². The Morgan fingerprint density at radius 3 is 2.50 bits per heavy atom. The molecule has 2 aromatic carbocycles. The zero-order valence-electron chi connectivity index (χ0n) is 20.3. The van der Waals surface area contributed by atoms with Crippen molar-refractivity contribution in [2.45, 2.75) is 32.9 Å². The fourth-order valence-electron chi connectivity index (χ4n) is 4.00. The van der Waals surface area contributed by atoms with Crippen molar-refractivity contribution in [2.75, 3.05) is 14.2 Å². The number of halogens is 2. The number of benzene rings is 2. The molecule has 0 radical (unpaired) electrons. The highest BCUT2D eigenvalue weighted by Gasteiger charge is 2.35. The maximum absolute atomic E-state index is 13.8. The molecule has 3 aromatic rings. The van der Waals surface area contributed by atoms with Gasteiger partial charge in [-0.15, -0.1) is 0 Å². The maximum Gasteiger partial charge on any atom is 0.338 e. The number of thiazole rings is 1. The Kier molecular flexibility index (Phi) is 8.06. The number of fused-ring (bicyclic) bond motifs is 1. The van der Waals surface area contributed by atoms with E-state index in [1.54, 1.807) is 45.6 Å². The minimum atomic E-state index is -0.766. The van der Waals surface area contributed by atoms with E-state index in [0.29, 0.717) is 31.9 Å². The van der Waals surface area contributed by atoms with E-state index in [1.807, 2.05) is 36.4 Å². The Labute approximate surface area is 234 Å². The summed E-state index contributed by atoms with van der Waals surface area (Å²) >= 11 is 6.99. The molecule has 7 nitrogen and oxygen atoms in total. The van der Waals surface area contributed by atoms with E-state index in [-0.39, 0.29) is 11.7 Å². The first-order valence-electron chi connectivity index (χ1n) is 11.0. The second kappa shape index (κ2) is 10.9. The number of ether oxygens (including phenoxy) is 3. The molecule has 0 saturated carbocycles. The number of allylic oxidation sites excluding steroid dienone is 1. The van der Waals surface area contributed by atoms with Gasteiger partial charge in [0.25, 0.3) is 5.56 Å². The first kappa shape index (κ1) is 26.6. The molecule has 0 saturated heterocycles. The minimum absolute atomic E-state index is 0.251. The molecule has 36 heavy (non-hydrogen) atoms. The van der Waals surface area contributed by atoms with Gasteiger partial charge in [0.2, 0.25) is 0 Å². The summed E-state index contributed by atoms with van der Waals surface area (Å²) in [5.74, 6) is 0.796. The van der Waals surface area contributed by atoms with Crippen molar-refractivity contribution >= 4 is 61.9 Å². The zero-order chi connectivity index (χ0) is 26.1. The van der Waals surface area contributed by atoms with Crippen molar-refractivity contribution in [3.63, 3.8) is 0 Å². The number of hydrogen-bond acceptors (Lipinski definition) is 7. The number of carbonyl (C=O) groups is 1. The Morgan fingerprint density at radius 1 is 1.17 bits per heavy atom. The molecular formula is C26H24BrIN2O5S. The molecule has 10 heteroatoms. The van der Waals surface area contributed by atoms with Gasteiger partial charge in [-0.1, -0.05) is 33.3 Å². The van der Waals surface area contributed by atoms with Crippen LogP contribution in [0.15, 0.2) is 61.9 Å². The fourth-order valence-corrected chi connectivity index (χ4v) is 6.18. The summed E-state index contributed by atoms with van der Waals surface area (Å²) in [6.45, 7) is 5.33. The molecule has 2 heterocycles. The van der Waals surface area contributed by atoms with Crippen LogP contribution in [0.1, 0.15) is 37.9 Å². The Bertz CT molecular complexity index is 1560. The molecular weight excluding hydrogens is 659 g/mol. The van der Waals surface area contributed by atoms with Gasteiger partial charge in [-0.05, 0) is 85.3 Å². The highest BCUT2D eigenvalue weighted by atomic mass is 127. The third-order valence-corrected chi connectivity index (χ3v) is 7.86. The van der Waals surface area contributed by atoms with Gasteiger partial charge in [-0.2, -0.15) is 0 Å². The molecule has 1 aromatic heterocycles. The van der Waals surface area contributed by atoms with Crippen LogP contribution in [0.4, 0.5) is 0 Å². The molecule has 0 spiro atoms. The quantitative estimate of drug-likeness (QED) is 0.281. The van der Waals surface area contributed by atoms with Crippen LogP contribution >= 0.6 is 49.9 Å². The predicted molar refractivity (Wildman–Crippen MR) is 151 cm³/mol. The van der Waals surface area contributed by atoms with Crippen LogP contribution in [-0.4, -0.2) is 30.9 Å². The molecule has 1 aliphatic heterocycles. The summed E-state index contributed by atoms with van der Waals surface area (Å²) in [5, 5.41) is 0. The Hall–Kier alpha value is -2.44. The third-order valence-electron chi connectivity index (χ3n) is 5.54. The van der Waals surface area contributed by atoms with Crippen LogP contribution in [-0.2, 0) is 9.53 Å². The molecule has 0 fully saturated rings. The van der Waals surface area contributed by atoms with E-state index >= 15 is 0 Å². The van der Waals surface area contributed by atoms with E-state index in [2.05, 4.69) is 43.5 Å². The topological polar surface area (TPSA) is 79.1 Å². The first-order valence-corrected chi connectivity index (χ1v) is 13.7. The van der Waals surface area contributed by atoms with Crippen LogP contribution < -0.4 is 24.4 Å². The number of methoxy groups -OCH3 is 2. The zero-order valence-corrected chi connectivity index (χ0v) is 24.9. The normalized spacial score (nSPS) is 15.6. The Balaban J connectivity index is 1.98. The average molecular weight is 683 g/mol. The highest BCUT2D eigenvalue weighted by Crippen LogP contribution is 2.37. The molecule has 0 bridgehead atoms. The lowest BCUT2D eigenvalue weighted by molar-refractivity contribution is -0.143. The van der Waals surface area contributed by atoms with Crippen LogP contribution in [0.25, 0.3) is 6.08 Å². The van der Waals surface area contributed by atoms with Gasteiger partial charge in [0.05, 0.1) is 39.7 Å². The third kappa shape index (κ3) is 5.16. The maximum atomic E-state index is 13.8. The van der Waals surface area contributed by atoms with Crippen LogP contribution in [0.2, 0.25) is 0 Å². The summed E-state index contributed by atoms with van der Waals surface area (Å²) in [6, 6.07) is 10.4. The number of rotatable bonds is 6. The van der Waals surface area contributed by atoms with Gasteiger partial charge < -0.3 is 14.2 Å². The average Bonchev–Trinajstić information content (AvgIpc) is 3.12. The van der Waals surface area contributed by atoms with E-state index in [9.17, 15) is 9.59 Å². The molecule has 1 aliphatic rings. The lowest BCUT2D eigenvalue weighted by Gasteiger charge is -2.26. The number of carbonyl (C=O) groups excluding carboxylic acids is 1. The molecule has 188 valence electrons. The smallest absolute Gasteiger partial charge is 0.338 e. The largest absolute Gasteiger partial charge is 0.496 e. The van der Waals surface area contributed by atoms with Crippen LogP contribution in [0.3, 0.4) is 0 Å². The van der Waals surface area contributed by atoms with Crippen LogP contribution in [0, 0.1) is 3.57 Å². The van der Waals surface area contributed by atoms with Crippen molar-refractivity contribution in [3.05, 3.63) is 86.5 Å². The van der Waals surface area contributed by atoms with Gasteiger partial charge in [-0.25, -0.2) is 9.79 Å². The van der Waals surface area contributed by atoms with Crippen molar-refractivity contribution in [3.8, 4) is 11.5 Å². The van der Waals surface area contributed by atoms with Crippen LogP contribution in [0.5, 0.6) is 11.5 Å². The molecule has 1 atom stereocenters. The van der Waals surface area contributed by atoms with Gasteiger partial charge in [0, 0.05) is 10.0 Å². The van der Waals surface area contributed by atoms with Crippen molar-refractivity contribution in [2.24, 2.45) is 4.99 Å². The molecule has 4 rings (SSSR count). The second-order valence-electron chi connectivity index (χ2n) is 8.32. The lowest BCUT2D eigenvalue weighted by atomic mass is 9.95. The first-order chi connectivity index (χ1) is 17.1. The van der Waals surface area contributed by atoms with Gasteiger partial charge in [0.15, 0.2) is 4.80 Å². The van der Waals surface area contributed by atoms with Crippen molar-refractivity contribution < 1.29 is 19.0 Å². The Morgan fingerprint density at radius 2 is 1.86 bits per heavy atom. The number of nitrogens with zero attached hydrogens (tertiary/aromatic N) is 2. The summed E-state index contributed by atoms with van der Waals surface area (Å²) in [6.07, 6.45) is 1.50. The molecule has 0 N–H and O–H groups in total. The van der Waals surface area contributed by atoms with Crippen molar-refractivity contribution in [1.29, 1.82) is 0 Å². The SMILES string of the molecule is COc1ccc(/C=c2\sc3n(c2=O)[C@@H](c2cc(Br)ccc2OC)C(C(=O)OC(C)C)=C(C)N=3)cc1I. The standard InChI is InChI=1S/C26H24BrIN2O5S/c1-13(2)35-25(32)22-14(3)29-26-30(23(22)17-12-16(27)7-9-19(17)33-4)24(31)21(36-26)11-15-6-8-20(34-5)18(28)10-15/h6-13,23H,1-5H3/b21-11-/t23-/m0/s1. The summed E-state index contributed by atoms with van der Waals surface area (Å²) < 4.78 is 20.3. The summed E-state index contributed by atoms with van der Waals surface area (Å²) in [4.78, 5) is 32.2. The van der Waals surface area contributed by atoms with Gasteiger partial charge >= 0.3 is 5.97 Å². The van der Waals surface area contributed by atoms with E-state index in [1.165, 1.54) is 11.3 Å². The summed E-state index contributed by atoms with van der Waals surface area (Å²) in [5.41, 5.74) is 2.07. The number of aromatic nitrogens is 1. The lowest BCUT2D eigenvalue weighted by Crippen LogP contribution is -2.40. The second-order valence-corrected chi connectivity index (χ2v) is 11.4. The predicted octanol–water partition coefficient (Wildman–Crippen LogP) is 4.57. The van der Waals surface area contributed by atoms with E-state index in [0.717, 1.165) is 19.4 Å². The van der Waals surface area contributed by atoms with Gasteiger partial charge in [0.1, 0.15) is 17.5 Å². The molecule has 0 unspecified atom stereocenters. The van der Waals surface area contributed by atoms with E-state index < -0.39 is 12.0 Å². The van der Waals surface area contributed by atoms with Crippen molar-refractivity contribution in [1.82, 2.24) is 4.57 Å².